The quantitative estimate of drug-likeness (QED) is 0.596. The molecule has 0 saturated carbocycles. The molecule has 0 atom stereocenters. The van der Waals surface area contributed by atoms with Crippen molar-refractivity contribution in [3.8, 4) is 22.5 Å². The smallest absolute Gasteiger partial charge is 0.273 e. The number of nitrogens with zero attached hydrogens (tertiary/aromatic N) is 4. The molecule has 0 fully saturated rings. The Hall–Kier alpha value is -2.57. The van der Waals surface area contributed by atoms with Crippen molar-refractivity contribution >= 4 is 28.8 Å². The van der Waals surface area contributed by atoms with Crippen molar-refractivity contribution in [1.82, 2.24) is 24.4 Å². The fraction of sp³-hybridized carbons (Fsp3) is 0.0625. The Morgan fingerprint density at radius 3 is 2.67 bits per heavy atom. The minimum absolute atomic E-state index is 0.213. The lowest BCUT2D eigenvalue weighted by atomic mass is 10.1. The van der Waals surface area contributed by atoms with Crippen molar-refractivity contribution < 1.29 is 0 Å². The van der Waals surface area contributed by atoms with Gasteiger partial charge in [0.05, 0.1) is 27.0 Å². The van der Waals surface area contributed by atoms with E-state index in [0.717, 1.165) is 16.8 Å². The summed E-state index contributed by atoms with van der Waals surface area (Å²) in [5.74, 6) is 0. The Balaban J connectivity index is 1.97. The number of halogens is 2. The van der Waals surface area contributed by atoms with Crippen LogP contribution in [0.2, 0.25) is 10.0 Å². The van der Waals surface area contributed by atoms with Crippen molar-refractivity contribution in [3.63, 3.8) is 0 Å². The maximum atomic E-state index is 12.4. The van der Waals surface area contributed by atoms with Crippen LogP contribution in [-0.2, 0) is 7.05 Å². The molecule has 4 aromatic rings. The van der Waals surface area contributed by atoms with Crippen molar-refractivity contribution in [2.75, 3.05) is 0 Å². The van der Waals surface area contributed by atoms with E-state index in [4.69, 9.17) is 23.2 Å². The third-order valence-electron chi connectivity index (χ3n) is 3.81. The number of hydrogen-bond acceptors (Lipinski definition) is 3. The molecule has 0 amide bonds. The van der Waals surface area contributed by atoms with Crippen LogP contribution < -0.4 is 5.56 Å². The SMILES string of the molecule is Cn1nccc1-c1c[nH]n2c(=O)cc(-c3ccc(Cl)c(Cl)c3)nc12. The van der Waals surface area contributed by atoms with E-state index in [1.807, 2.05) is 13.1 Å². The first-order valence-corrected chi connectivity index (χ1v) is 7.85. The second kappa shape index (κ2) is 5.51. The number of aromatic nitrogens is 5. The summed E-state index contributed by atoms with van der Waals surface area (Å²) in [5.41, 5.74) is 3.20. The minimum atomic E-state index is -0.213. The molecule has 0 radical (unpaired) electrons. The molecule has 120 valence electrons. The van der Waals surface area contributed by atoms with E-state index in [1.165, 1.54) is 10.6 Å². The van der Waals surface area contributed by atoms with E-state index in [0.29, 0.717) is 21.4 Å². The fourth-order valence-corrected chi connectivity index (χ4v) is 2.91. The highest BCUT2D eigenvalue weighted by Crippen LogP contribution is 2.28. The lowest BCUT2D eigenvalue weighted by molar-refractivity contribution is 0.776. The summed E-state index contributed by atoms with van der Waals surface area (Å²) < 4.78 is 3.12. The zero-order valence-electron chi connectivity index (χ0n) is 12.5. The van der Waals surface area contributed by atoms with Gasteiger partial charge in [0, 0.05) is 31.1 Å². The van der Waals surface area contributed by atoms with Gasteiger partial charge in [-0.2, -0.15) is 5.10 Å². The maximum Gasteiger partial charge on any atom is 0.273 e. The van der Waals surface area contributed by atoms with Crippen molar-refractivity contribution in [2.24, 2.45) is 7.05 Å². The molecule has 0 saturated heterocycles. The number of fused-ring (bicyclic) bond motifs is 1. The summed E-state index contributed by atoms with van der Waals surface area (Å²) in [4.78, 5) is 17.0. The second-order valence-electron chi connectivity index (χ2n) is 5.29. The molecule has 0 aliphatic carbocycles. The Labute approximate surface area is 146 Å². The first kappa shape index (κ1) is 15.0. The predicted octanol–water partition coefficient (Wildman–Crippen LogP) is 3.40. The van der Waals surface area contributed by atoms with E-state index in [-0.39, 0.29) is 5.56 Å². The van der Waals surface area contributed by atoms with Gasteiger partial charge in [0.2, 0.25) is 0 Å². The number of benzene rings is 1. The molecule has 1 aromatic carbocycles. The van der Waals surface area contributed by atoms with Crippen LogP contribution in [-0.4, -0.2) is 24.4 Å². The fourth-order valence-electron chi connectivity index (χ4n) is 2.61. The van der Waals surface area contributed by atoms with Gasteiger partial charge in [-0.3, -0.25) is 14.6 Å². The van der Waals surface area contributed by atoms with Crippen molar-refractivity contribution in [1.29, 1.82) is 0 Å². The topological polar surface area (TPSA) is 68.0 Å². The normalized spacial score (nSPS) is 11.3. The molecule has 6 nitrogen and oxygen atoms in total. The van der Waals surface area contributed by atoms with Crippen molar-refractivity contribution in [2.45, 2.75) is 0 Å². The Bertz CT molecular complexity index is 1130. The van der Waals surface area contributed by atoms with Gasteiger partial charge in [0.1, 0.15) is 0 Å². The van der Waals surface area contributed by atoms with Crippen LogP contribution in [0.5, 0.6) is 0 Å². The maximum absolute atomic E-state index is 12.4. The monoisotopic (exact) mass is 359 g/mol. The molecule has 3 heterocycles. The number of rotatable bonds is 2. The molecule has 24 heavy (non-hydrogen) atoms. The van der Waals surface area contributed by atoms with Gasteiger partial charge < -0.3 is 0 Å². The number of aryl methyl sites for hydroxylation is 1. The van der Waals surface area contributed by atoms with Gasteiger partial charge in [-0.05, 0) is 18.2 Å². The van der Waals surface area contributed by atoms with E-state index in [9.17, 15) is 4.79 Å². The molecule has 4 rings (SSSR count). The predicted molar refractivity (Wildman–Crippen MR) is 93.5 cm³/mol. The third kappa shape index (κ3) is 2.31. The lowest BCUT2D eigenvalue weighted by Crippen LogP contribution is -2.14. The molecular weight excluding hydrogens is 349 g/mol. The van der Waals surface area contributed by atoms with Gasteiger partial charge in [-0.25, -0.2) is 9.50 Å². The molecule has 0 aliphatic heterocycles. The van der Waals surface area contributed by atoms with Gasteiger partial charge in [0.25, 0.3) is 5.56 Å². The first-order valence-electron chi connectivity index (χ1n) is 7.09. The Kier molecular flexibility index (Phi) is 3.44. The van der Waals surface area contributed by atoms with E-state index >= 15 is 0 Å². The lowest BCUT2D eigenvalue weighted by Gasteiger charge is -2.05. The molecule has 0 unspecified atom stereocenters. The number of aromatic amines is 1. The highest BCUT2D eigenvalue weighted by molar-refractivity contribution is 6.42. The Morgan fingerprint density at radius 1 is 1.12 bits per heavy atom. The zero-order chi connectivity index (χ0) is 16.8. The van der Waals surface area contributed by atoms with E-state index < -0.39 is 0 Å². The van der Waals surface area contributed by atoms with E-state index in [2.05, 4.69) is 15.2 Å². The standard InChI is InChI=1S/C16H11Cl2N5O/c1-22-14(4-5-19-22)10-8-20-23-15(24)7-13(21-16(10)23)9-2-3-11(17)12(18)6-9/h2-8,20H,1H3. The molecule has 0 bridgehead atoms. The summed E-state index contributed by atoms with van der Waals surface area (Å²) in [6.07, 6.45) is 3.43. The summed E-state index contributed by atoms with van der Waals surface area (Å²) >= 11 is 12.0. The van der Waals surface area contributed by atoms with Gasteiger partial charge in [-0.1, -0.05) is 29.3 Å². The average Bonchev–Trinajstić information content (AvgIpc) is 3.16. The largest absolute Gasteiger partial charge is 0.296 e. The Morgan fingerprint density at radius 2 is 1.96 bits per heavy atom. The van der Waals surface area contributed by atoms with Gasteiger partial charge >= 0.3 is 0 Å². The average molecular weight is 360 g/mol. The van der Waals surface area contributed by atoms with Crippen LogP contribution in [0.15, 0.2) is 47.5 Å². The summed E-state index contributed by atoms with van der Waals surface area (Å²) in [6.45, 7) is 0. The van der Waals surface area contributed by atoms with Gasteiger partial charge in [0.15, 0.2) is 5.65 Å². The van der Waals surface area contributed by atoms with Crippen LogP contribution in [0, 0.1) is 0 Å². The number of hydrogen-bond donors (Lipinski definition) is 1. The highest BCUT2D eigenvalue weighted by atomic mass is 35.5. The molecule has 0 aliphatic rings. The first-order chi connectivity index (χ1) is 11.5. The molecular formula is C16H11Cl2N5O. The van der Waals surface area contributed by atoms with Crippen LogP contribution in [0.25, 0.3) is 28.2 Å². The third-order valence-corrected chi connectivity index (χ3v) is 4.55. The molecule has 0 spiro atoms. The molecule has 1 N–H and O–H groups in total. The van der Waals surface area contributed by atoms with Crippen LogP contribution in [0.3, 0.4) is 0 Å². The second-order valence-corrected chi connectivity index (χ2v) is 6.11. The minimum Gasteiger partial charge on any atom is -0.296 e. The summed E-state index contributed by atoms with van der Waals surface area (Å²) in [6, 6.07) is 8.47. The zero-order valence-corrected chi connectivity index (χ0v) is 14.0. The summed E-state index contributed by atoms with van der Waals surface area (Å²) in [5, 5.41) is 7.95. The molecule has 8 heteroatoms. The van der Waals surface area contributed by atoms with Crippen LogP contribution >= 0.6 is 23.2 Å². The number of H-pyrrole nitrogens is 1. The summed E-state index contributed by atoms with van der Waals surface area (Å²) in [7, 11) is 1.83. The van der Waals surface area contributed by atoms with Crippen LogP contribution in [0.1, 0.15) is 0 Å². The highest BCUT2D eigenvalue weighted by Gasteiger charge is 2.14. The number of nitrogens with one attached hydrogen (secondary N) is 1. The van der Waals surface area contributed by atoms with E-state index in [1.54, 1.807) is 35.3 Å². The van der Waals surface area contributed by atoms with Gasteiger partial charge in [-0.15, -0.1) is 0 Å². The van der Waals surface area contributed by atoms with Crippen molar-refractivity contribution in [3.05, 3.63) is 63.1 Å². The van der Waals surface area contributed by atoms with Crippen LogP contribution in [0.4, 0.5) is 0 Å². The molecule has 3 aromatic heterocycles.